The maximum absolute atomic E-state index is 9.08. The van der Waals surface area contributed by atoms with Gasteiger partial charge in [-0.25, -0.2) is 0 Å². The molecule has 1 rings (SSSR count). The Bertz CT molecular complexity index is 331. The first-order valence-electron chi connectivity index (χ1n) is 4.07. The number of rotatable bonds is 3. The third-order valence-electron chi connectivity index (χ3n) is 1.62. The smallest absolute Gasteiger partial charge is 0.0835 e. The summed E-state index contributed by atoms with van der Waals surface area (Å²) in [5.41, 5.74) is 0.723. The highest BCUT2D eigenvalue weighted by Crippen LogP contribution is 2.35. The average molecular weight is 299 g/mol. The molecule has 2 nitrogen and oxygen atoms in total. The van der Waals surface area contributed by atoms with Gasteiger partial charge in [0.25, 0.3) is 0 Å². The number of hydrogen-bond donors (Lipinski definition) is 2. The zero-order chi connectivity index (χ0) is 10.7. The predicted molar refractivity (Wildman–Crippen MR) is 64.3 cm³/mol. The van der Waals surface area contributed by atoms with Gasteiger partial charge in [0, 0.05) is 11.0 Å². The number of halogens is 3. The van der Waals surface area contributed by atoms with Crippen LogP contribution in [0.25, 0.3) is 0 Å². The Morgan fingerprint density at radius 2 is 2.07 bits per heavy atom. The minimum Gasteiger partial charge on any atom is -0.392 e. The van der Waals surface area contributed by atoms with Crippen LogP contribution in [0.2, 0.25) is 10.0 Å². The summed E-state index contributed by atoms with van der Waals surface area (Å²) in [6.45, 7) is 2.14. The number of benzene rings is 1. The molecule has 14 heavy (non-hydrogen) atoms. The summed E-state index contributed by atoms with van der Waals surface area (Å²) in [5.74, 6) is 0. The van der Waals surface area contributed by atoms with E-state index >= 15 is 0 Å². The van der Waals surface area contributed by atoms with Crippen molar-refractivity contribution in [2.75, 3.05) is 11.9 Å². The summed E-state index contributed by atoms with van der Waals surface area (Å²) in [6, 6.07) is 3.61. The molecule has 1 atom stereocenters. The van der Waals surface area contributed by atoms with E-state index in [0.29, 0.717) is 16.6 Å². The molecular formula is C9H10BrCl2NO. The SMILES string of the molecule is C[C@H](O)CNc1ccc(Br)c(Cl)c1Cl. The first kappa shape index (κ1) is 12.1. The van der Waals surface area contributed by atoms with Gasteiger partial charge < -0.3 is 10.4 Å². The fourth-order valence-electron chi connectivity index (χ4n) is 0.920. The third kappa shape index (κ3) is 3.02. The Morgan fingerprint density at radius 1 is 1.43 bits per heavy atom. The van der Waals surface area contributed by atoms with Crippen molar-refractivity contribution in [2.45, 2.75) is 13.0 Å². The van der Waals surface area contributed by atoms with Gasteiger partial charge in [-0.3, -0.25) is 0 Å². The number of aliphatic hydroxyl groups excluding tert-OH is 1. The topological polar surface area (TPSA) is 32.3 Å². The van der Waals surface area contributed by atoms with Gasteiger partial charge in [-0.1, -0.05) is 23.2 Å². The zero-order valence-electron chi connectivity index (χ0n) is 7.52. The molecule has 5 heteroatoms. The summed E-state index contributed by atoms with van der Waals surface area (Å²) >= 11 is 15.2. The second-order valence-corrected chi connectivity index (χ2v) is 4.56. The summed E-state index contributed by atoms with van der Waals surface area (Å²) in [7, 11) is 0. The quantitative estimate of drug-likeness (QED) is 0.837. The fraction of sp³-hybridized carbons (Fsp3) is 0.333. The molecule has 0 saturated heterocycles. The lowest BCUT2D eigenvalue weighted by molar-refractivity contribution is 0.208. The molecule has 0 unspecified atom stereocenters. The third-order valence-corrected chi connectivity index (χ3v) is 3.39. The Balaban J connectivity index is 2.83. The van der Waals surface area contributed by atoms with Gasteiger partial charge in [-0.15, -0.1) is 0 Å². The van der Waals surface area contributed by atoms with E-state index in [1.165, 1.54) is 0 Å². The van der Waals surface area contributed by atoms with E-state index in [0.717, 1.165) is 10.2 Å². The number of anilines is 1. The predicted octanol–water partition coefficient (Wildman–Crippen LogP) is 3.55. The van der Waals surface area contributed by atoms with Crippen LogP contribution < -0.4 is 5.32 Å². The van der Waals surface area contributed by atoms with Gasteiger partial charge in [0.05, 0.1) is 21.8 Å². The van der Waals surface area contributed by atoms with Crippen molar-refractivity contribution in [3.8, 4) is 0 Å². The molecule has 0 aliphatic carbocycles. The molecule has 1 aromatic rings. The van der Waals surface area contributed by atoms with Crippen molar-refractivity contribution in [2.24, 2.45) is 0 Å². The Hall–Kier alpha value is 0.0400. The summed E-state index contributed by atoms with van der Waals surface area (Å²) < 4.78 is 0.756. The van der Waals surface area contributed by atoms with Crippen LogP contribution in [0.5, 0.6) is 0 Å². The number of nitrogens with one attached hydrogen (secondary N) is 1. The highest BCUT2D eigenvalue weighted by Gasteiger charge is 2.08. The lowest BCUT2D eigenvalue weighted by atomic mass is 10.3. The molecule has 78 valence electrons. The number of hydrogen-bond acceptors (Lipinski definition) is 2. The van der Waals surface area contributed by atoms with Crippen LogP contribution in [0.4, 0.5) is 5.69 Å². The number of aliphatic hydroxyl groups is 1. The van der Waals surface area contributed by atoms with Gasteiger partial charge in [0.1, 0.15) is 0 Å². The van der Waals surface area contributed by atoms with E-state index in [1.54, 1.807) is 19.1 Å². The lowest BCUT2D eigenvalue weighted by Gasteiger charge is -2.11. The zero-order valence-corrected chi connectivity index (χ0v) is 10.6. The van der Waals surface area contributed by atoms with Gasteiger partial charge in [0.2, 0.25) is 0 Å². The molecule has 0 aliphatic rings. The molecule has 0 fully saturated rings. The fourth-order valence-corrected chi connectivity index (χ4v) is 1.76. The monoisotopic (exact) mass is 297 g/mol. The molecule has 0 radical (unpaired) electrons. The van der Waals surface area contributed by atoms with Crippen LogP contribution >= 0.6 is 39.1 Å². The van der Waals surface area contributed by atoms with Crippen molar-refractivity contribution in [3.63, 3.8) is 0 Å². The molecule has 0 bridgehead atoms. The van der Waals surface area contributed by atoms with Crippen molar-refractivity contribution < 1.29 is 5.11 Å². The Kier molecular flexibility index (Phi) is 4.51. The van der Waals surface area contributed by atoms with Crippen molar-refractivity contribution in [1.82, 2.24) is 0 Å². The second-order valence-electron chi connectivity index (χ2n) is 2.95. The lowest BCUT2D eigenvalue weighted by Crippen LogP contribution is -2.15. The summed E-state index contributed by atoms with van der Waals surface area (Å²) in [5, 5.41) is 13.0. The van der Waals surface area contributed by atoms with Gasteiger partial charge >= 0.3 is 0 Å². The van der Waals surface area contributed by atoms with E-state index in [9.17, 15) is 0 Å². The first-order chi connectivity index (χ1) is 6.52. The first-order valence-corrected chi connectivity index (χ1v) is 5.62. The van der Waals surface area contributed by atoms with Gasteiger partial charge in [-0.05, 0) is 35.0 Å². The normalized spacial score (nSPS) is 12.6. The molecule has 0 aromatic heterocycles. The average Bonchev–Trinajstić information content (AvgIpc) is 2.13. The summed E-state index contributed by atoms with van der Waals surface area (Å²) in [6.07, 6.45) is -0.423. The highest BCUT2D eigenvalue weighted by atomic mass is 79.9. The Labute approximate surface area is 101 Å². The molecule has 0 spiro atoms. The maximum atomic E-state index is 9.08. The second kappa shape index (κ2) is 5.21. The highest BCUT2D eigenvalue weighted by molar-refractivity contribution is 9.10. The van der Waals surface area contributed by atoms with E-state index in [4.69, 9.17) is 28.3 Å². The molecule has 0 amide bonds. The molecular weight excluding hydrogens is 289 g/mol. The van der Waals surface area contributed by atoms with Crippen LogP contribution in [-0.4, -0.2) is 17.8 Å². The Morgan fingerprint density at radius 3 is 2.64 bits per heavy atom. The van der Waals surface area contributed by atoms with Crippen LogP contribution in [0.15, 0.2) is 16.6 Å². The van der Waals surface area contributed by atoms with Crippen molar-refractivity contribution in [3.05, 3.63) is 26.7 Å². The minimum absolute atomic E-state index is 0.423. The minimum atomic E-state index is -0.423. The largest absolute Gasteiger partial charge is 0.392 e. The molecule has 0 saturated carbocycles. The molecule has 1 aromatic carbocycles. The van der Waals surface area contributed by atoms with Crippen molar-refractivity contribution in [1.29, 1.82) is 0 Å². The summed E-state index contributed by atoms with van der Waals surface area (Å²) in [4.78, 5) is 0. The van der Waals surface area contributed by atoms with Crippen LogP contribution in [0.3, 0.4) is 0 Å². The van der Waals surface area contributed by atoms with Crippen LogP contribution in [0, 0.1) is 0 Å². The van der Waals surface area contributed by atoms with Gasteiger partial charge in [-0.2, -0.15) is 0 Å². The molecule has 0 aliphatic heterocycles. The van der Waals surface area contributed by atoms with Crippen molar-refractivity contribution >= 4 is 44.8 Å². The maximum Gasteiger partial charge on any atom is 0.0835 e. The van der Waals surface area contributed by atoms with E-state index in [2.05, 4.69) is 21.2 Å². The molecule has 2 N–H and O–H groups in total. The van der Waals surface area contributed by atoms with E-state index in [1.807, 2.05) is 0 Å². The van der Waals surface area contributed by atoms with E-state index < -0.39 is 6.10 Å². The molecule has 0 heterocycles. The van der Waals surface area contributed by atoms with Crippen LogP contribution in [-0.2, 0) is 0 Å². The van der Waals surface area contributed by atoms with Gasteiger partial charge in [0.15, 0.2) is 0 Å². The standard InChI is InChI=1S/C9H10BrCl2NO/c1-5(14)4-13-7-3-2-6(10)8(11)9(7)12/h2-3,5,13-14H,4H2,1H3/t5-/m0/s1. The van der Waals surface area contributed by atoms with Crippen LogP contribution in [0.1, 0.15) is 6.92 Å². The van der Waals surface area contributed by atoms with E-state index in [-0.39, 0.29) is 0 Å².